The topological polar surface area (TPSA) is 50.4 Å². The van der Waals surface area contributed by atoms with E-state index in [1.54, 1.807) is 12.1 Å². The minimum Gasteiger partial charge on any atom is -0.493 e. The predicted octanol–water partition coefficient (Wildman–Crippen LogP) is 4.74. The average molecular weight is 458 g/mol. The number of benzene rings is 2. The van der Waals surface area contributed by atoms with Crippen molar-refractivity contribution < 1.29 is 9.53 Å². The third kappa shape index (κ3) is 5.30. The molecule has 0 heterocycles. The largest absolute Gasteiger partial charge is 0.493 e. The molecular formula is C16H14Br2N2O2S. The van der Waals surface area contributed by atoms with Gasteiger partial charge in [-0.05, 0) is 55.5 Å². The van der Waals surface area contributed by atoms with Crippen molar-refractivity contribution in [3.63, 3.8) is 0 Å². The lowest BCUT2D eigenvalue weighted by Gasteiger charge is -2.13. The standard InChI is InChI=1S/C16H14Br2N2O2S/c1-2-22-14-7-6-11(18)9-13(14)15(21)20-16(23)19-12-5-3-4-10(17)8-12/h3-9H,2H2,1H3,(H2,19,20,21,23). The summed E-state index contributed by atoms with van der Waals surface area (Å²) in [4.78, 5) is 12.4. The van der Waals surface area contributed by atoms with E-state index in [1.807, 2.05) is 37.3 Å². The Bertz CT molecular complexity index is 738. The molecule has 120 valence electrons. The van der Waals surface area contributed by atoms with Gasteiger partial charge in [0.2, 0.25) is 0 Å². The first-order valence-corrected chi connectivity index (χ1v) is 8.79. The van der Waals surface area contributed by atoms with Crippen LogP contribution in [-0.2, 0) is 0 Å². The molecule has 0 fully saturated rings. The van der Waals surface area contributed by atoms with E-state index in [0.717, 1.165) is 14.6 Å². The summed E-state index contributed by atoms with van der Waals surface area (Å²) in [5.41, 5.74) is 1.20. The zero-order valence-corrected chi connectivity index (χ0v) is 16.2. The molecule has 0 atom stereocenters. The van der Waals surface area contributed by atoms with Crippen molar-refractivity contribution in [2.45, 2.75) is 6.92 Å². The number of nitrogens with one attached hydrogen (secondary N) is 2. The number of hydrogen-bond acceptors (Lipinski definition) is 3. The second kappa shape index (κ2) is 8.42. The number of rotatable bonds is 4. The molecule has 0 bridgehead atoms. The first kappa shape index (κ1) is 17.9. The number of carbonyl (C=O) groups excluding carboxylic acids is 1. The fraction of sp³-hybridized carbons (Fsp3) is 0.125. The third-order valence-electron chi connectivity index (χ3n) is 2.80. The molecule has 2 N–H and O–H groups in total. The lowest BCUT2D eigenvalue weighted by atomic mass is 10.2. The van der Waals surface area contributed by atoms with Gasteiger partial charge in [-0.1, -0.05) is 37.9 Å². The minimum absolute atomic E-state index is 0.218. The van der Waals surface area contributed by atoms with E-state index in [4.69, 9.17) is 17.0 Å². The van der Waals surface area contributed by atoms with Gasteiger partial charge in [0.25, 0.3) is 5.91 Å². The molecule has 0 radical (unpaired) electrons. The van der Waals surface area contributed by atoms with Crippen LogP contribution in [0.25, 0.3) is 0 Å². The van der Waals surface area contributed by atoms with E-state index in [9.17, 15) is 4.79 Å². The maximum atomic E-state index is 12.4. The van der Waals surface area contributed by atoms with Gasteiger partial charge in [0.05, 0.1) is 12.2 Å². The van der Waals surface area contributed by atoms with Gasteiger partial charge in [-0.25, -0.2) is 0 Å². The predicted molar refractivity (Wildman–Crippen MR) is 103 cm³/mol. The van der Waals surface area contributed by atoms with Crippen molar-refractivity contribution in [2.75, 3.05) is 11.9 Å². The lowest BCUT2D eigenvalue weighted by molar-refractivity contribution is 0.0974. The van der Waals surface area contributed by atoms with E-state index in [-0.39, 0.29) is 11.0 Å². The molecule has 2 aromatic rings. The van der Waals surface area contributed by atoms with Crippen LogP contribution in [0.2, 0.25) is 0 Å². The summed E-state index contributed by atoms with van der Waals surface area (Å²) in [6, 6.07) is 12.8. The normalized spacial score (nSPS) is 10.0. The number of hydrogen-bond donors (Lipinski definition) is 2. The van der Waals surface area contributed by atoms with Crippen molar-refractivity contribution in [1.82, 2.24) is 5.32 Å². The highest BCUT2D eigenvalue weighted by Crippen LogP contribution is 2.23. The molecule has 0 aliphatic carbocycles. The zero-order chi connectivity index (χ0) is 16.8. The molecule has 4 nitrogen and oxygen atoms in total. The molecule has 23 heavy (non-hydrogen) atoms. The minimum atomic E-state index is -0.331. The molecule has 1 amide bonds. The molecular weight excluding hydrogens is 444 g/mol. The van der Waals surface area contributed by atoms with Gasteiger partial charge in [-0.2, -0.15) is 0 Å². The lowest BCUT2D eigenvalue weighted by Crippen LogP contribution is -2.34. The van der Waals surface area contributed by atoms with Crippen LogP contribution in [0.15, 0.2) is 51.4 Å². The number of anilines is 1. The SMILES string of the molecule is CCOc1ccc(Br)cc1C(=O)NC(=S)Nc1cccc(Br)c1. The molecule has 0 aliphatic heterocycles. The number of thiocarbonyl (C=S) groups is 1. The molecule has 0 unspecified atom stereocenters. The maximum Gasteiger partial charge on any atom is 0.261 e. The summed E-state index contributed by atoms with van der Waals surface area (Å²) in [5, 5.41) is 5.84. The Hall–Kier alpha value is -1.44. The van der Waals surface area contributed by atoms with Crippen LogP contribution in [0.1, 0.15) is 17.3 Å². The molecule has 0 aliphatic rings. The Kier molecular flexibility index (Phi) is 6.56. The smallest absolute Gasteiger partial charge is 0.261 e. The van der Waals surface area contributed by atoms with Crippen molar-refractivity contribution in [1.29, 1.82) is 0 Å². The van der Waals surface area contributed by atoms with Gasteiger partial charge in [-0.15, -0.1) is 0 Å². The molecule has 2 aromatic carbocycles. The Morgan fingerprint density at radius 2 is 1.91 bits per heavy atom. The quantitative estimate of drug-likeness (QED) is 0.651. The van der Waals surface area contributed by atoms with E-state index in [1.165, 1.54) is 0 Å². The number of halogens is 2. The fourth-order valence-corrected chi connectivity index (χ4v) is 2.83. The summed E-state index contributed by atoms with van der Waals surface area (Å²) < 4.78 is 7.18. The number of carbonyl (C=O) groups is 1. The molecule has 2 rings (SSSR count). The van der Waals surface area contributed by atoms with E-state index in [0.29, 0.717) is 17.9 Å². The highest BCUT2D eigenvalue weighted by atomic mass is 79.9. The van der Waals surface area contributed by atoms with Crippen LogP contribution in [0.5, 0.6) is 5.75 Å². The highest BCUT2D eigenvalue weighted by Gasteiger charge is 2.14. The first-order chi connectivity index (χ1) is 11.0. The maximum absolute atomic E-state index is 12.4. The van der Waals surface area contributed by atoms with Crippen molar-refractivity contribution >= 4 is 60.8 Å². The molecule has 0 spiro atoms. The van der Waals surface area contributed by atoms with Crippen molar-refractivity contribution in [3.8, 4) is 5.75 Å². The summed E-state index contributed by atoms with van der Waals surface area (Å²) in [5.74, 6) is 0.181. The summed E-state index contributed by atoms with van der Waals surface area (Å²) in [6.07, 6.45) is 0. The zero-order valence-electron chi connectivity index (χ0n) is 12.2. The summed E-state index contributed by atoms with van der Waals surface area (Å²) >= 11 is 11.9. The Balaban J connectivity index is 2.09. The van der Waals surface area contributed by atoms with Gasteiger partial charge < -0.3 is 10.1 Å². The number of ether oxygens (including phenoxy) is 1. The molecule has 7 heteroatoms. The molecule has 0 saturated carbocycles. The first-order valence-electron chi connectivity index (χ1n) is 6.80. The van der Waals surface area contributed by atoms with Gasteiger partial charge in [0, 0.05) is 14.6 Å². The summed E-state index contributed by atoms with van der Waals surface area (Å²) in [7, 11) is 0. The second-order valence-electron chi connectivity index (χ2n) is 4.49. The monoisotopic (exact) mass is 456 g/mol. The van der Waals surface area contributed by atoms with E-state index < -0.39 is 0 Å². The number of amides is 1. The van der Waals surface area contributed by atoms with Crippen molar-refractivity contribution in [2.24, 2.45) is 0 Å². The van der Waals surface area contributed by atoms with Gasteiger partial charge in [-0.3, -0.25) is 10.1 Å². The second-order valence-corrected chi connectivity index (χ2v) is 6.73. The summed E-state index contributed by atoms with van der Waals surface area (Å²) in [6.45, 7) is 2.34. The van der Waals surface area contributed by atoms with Gasteiger partial charge >= 0.3 is 0 Å². The Labute approximate surface area is 156 Å². The van der Waals surface area contributed by atoms with Crippen LogP contribution in [0.4, 0.5) is 5.69 Å². The van der Waals surface area contributed by atoms with Gasteiger partial charge in [0.15, 0.2) is 5.11 Å². The van der Waals surface area contributed by atoms with Crippen molar-refractivity contribution in [3.05, 3.63) is 57.0 Å². The van der Waals surface area contributed by atoms with Gasteiger partial charge in [0.1, 0.15) is 5.75 Å². The van der Waals surface area contributed by atoms with Crippen LogP contribution in [0, 0.1) is 0 Å². The van der Waals surface area contributed by atoms with E-state index >= 15 is 0 Å². The average Bonchev–Trinajstić information content (AvgIpc) is 2.49. The highest BCUT2D eigenvalue weighted by molar-refractivity contribution is 9.10. The van der Waals surface area contributed by atoms with Crippen LogP contribution >= 0.6 is 44.1 Å². The van der Waals surface area contributed by atoms with Crippen LogP contribution in [0.3, 0.4) is 0 Å². The molecule has 0 saturated heterocycles. The fourth-order valence-electron chi connectivity index (χ4n) is 1.86. The third-order valence-corrected chi connectivity index (χ3v) is 3.99. The molecule has 0 aromatic heterocycles. The van der Waals surface area contributed by atoms with Crippen LogP contribution < -0.4 is 15.4 Å². The Morgan fingerprint density at radius 1 is 1.17 bits per heavy atom. The van der Waals surface area contributed by atoms with Crippen LogP contribution in [-0.4, -0.2) is 17.6 Å². The van der Waals surface area contributed by atoms with E-state index in [2.05, 4.69) is 42.5 Å². The Morgan fingerprint density at radius 3 is 2.61 bits per heavy atom.